The summed E-state index contributed by atoms with van der Waals surface area (Å²) in [5.41, 5.74) is 6.75. The first-order valence-corrected chi connectivity index (χ1v) is 11.5. The Morgan fingerprint density at radius 3 is 1.89 bits per heavy atom. The SMILES string of the molecule is C#[N+]C.CC/C=C(\N)CCCCC.CCCCCCCCNC(=O)CCCC. The summed E-state index contributed by atoms with van der Waals surface area (Å²) in [6.45, 7) is 14.0. The maximum Gasteiger partial charge on any atom is 0.257 e. The maximum atomic E-state index is 11.2. The second-order valence-corrected chi connectivity index (χ2v) is 7.12. The molecule has 0 aliphatic rings. The van der Waals surface area contributed by atoms with Crippen molar-refractivity contribution in [2.45, 2.75) is 118 Å². The van der Waals surface area contributed by atoms with Crippen molar-refractivity contribution in [3.8, 4) is 6.57 Å². The van der Waals surface area contributed by atoms with Crippen LogP contribution in [-0.4, -0.2) is 19.5 Å². The van der Waals surface area contributed by atoms with E-state index in [2.05, 4.69) is 50.5 Å². The van der Waals surface area contributed by atoms with E-state index in [1.807, 2.05) is 0 Å². The first-order valence-electron chi connectivity index (χ1n) is 11.5. The normalized spacial score (nSPS) is 10.1. The molecule has 0 aromatic heterocycles. The summed E-state index contributed by atoms with van der Waals surface area (Å²) in [6.07, 6.45) is 18.6. The summed E-state index contributed by atoms with van der Waals surface area (Å²) in [5, 5.41) is 2.97. The third-order valence-electron chi connectivity index (χ3n) is 4.15. The van der Waals surface area contributed by atoms with Gasteiger partial charge in [-0.25, -0.2) is 0 Å². The van der Waals surface area contributed by atoms with Crippen molar-refractivity contribution >= 4 is 5.91 Å². The zero-order valence-corrected chi connectivity index (χ0v) is 19.7. The Kier molecular flexibility index (Phi) is 33.7. The molecule has 166 valence electrons. The molecule has 1 amide bonds. The summed E-state index contributed by atoms with van der Waals surface area (Å²) >= 11 is 0. The third-order valence-corrected chi connectivity index (χ3v) is 4.15. The van der Waals surface area contributed by atoms with Crippen molar-refractivity contribution in [1.82, 2.24) is 5.32 Å². The Hall–Kier alpha value is -1.50. The number of hydrogen-bond donors (Lipinski definition) is 2. The minimum atomic E-state index is 0.227. The fraction of sp³-hybridized carbons (Fsp3) is 0.833. The van der Waals surface area contributed by atoms with Gasteiger partial charge < -0.3 is 11.1 Å². The predicted molar refractivity (Wildman–Crippen MR) is 127 cm³/mol. The first kappa shape index (κ1) is 31.2. The number of amides is 1. The van der Waals surface area contributed by atoms with Crippen LogP contribution in [0, 0.1) is 6.57 Å². The highest BCUT2D eigenvalue weighted by Gasteiger charge is 1.98. The number of carbonyl (C=O) groups excluding carboxylic acids is 1. The molecule has 0 atom stereocenters. The number of nitrogens with two attached hydrogens (primary N) is 1. The summed E-state index contributed by atoms with van der Waals surface area (Å²) in [5.74, 6) is 0.227. The van der Waals surface area contributed by atoms with Gasteiger partial charge in [0.2, 0.25) is 5.91 Å². The molecule has 0 aliphatic carbocycles. The highest BCUT2D eigenvalue weighted by Crippen LogP contribution is 2.05. The van der Waals surface area contributed by atoms with E-state index in [4.69, 9.17) is 5.73 Å². The molecule has 28 heavy (non-hydrogen) atoms. The molecule has 0 radical (unpaired) electrons. The second kappa shape index (κ2) is 30.2. The molecule has 0 unspecified atom stereocenters. The van der Waals surface area contributed by atoms with Crippen LogP contribution in [0.15, 0.2) is 11.8 Å². The maximum absolute atomic E-state index is 11.2. The molecule has 0 fully saturated rings. The molecule has 4 nitrogen and oxygen atoms in total. The van der Waals surface area contributed by atoms with Crippen LogP contribution in [0.3, 0.4) is 0 Å². The molecule has 0 saturated carbocycles. The number of nitrogens with one attached hydrogen (secondary N) is 1. The fourth-order valence-electron chi connectivity index (χ4n) is 2.50. The Bertz CT molecular complexity index is 373. The molecule has 0 bridgehead atoms. The van der Waals surface area contributed by atoms with Gasteiger partial charge in [0, 0.05) is 18.7 Å². The Labute approximate surface area is 176 Å². The van der Waals surface area contributed by atoms with Gasteiger partial charge in [0.05, 0.1) is 0 Å². The van der Waals surface area contributed by atoms with E-state index in [9.17, 15) is 4.79 Å². The summed E-state index contributed by atoms with van der Waals surface area (Å²) in [6, 6.07) is 0. The molecule has 0 aliphatic heterocycles. The molecular weight excluding hydrogens is 346 g/mol. The second-order valence-electron chi connectivity index (χ2n) is 7.12. The number of allylic oxidation sites excluding steroid dienone is 2. The van der Waals surface area contributed by atoms with E-state index in [1.54, 1.807) is 0 Å². The fourth-order valence-corrected chi connectivity index (χ4v) is 2.50. The average molecular weight is 397 g/mol. The van der Waals surface area contributed by atoms with Crippen molar-refractivity contribution in [3.63, 3.8) is 0 Å². The topological polar surface area (TPSA) is 59.5 Å². The van der Waals surface area contributed by atoms with Crippen LogP contribution in [0.2, 0.25) is 0 Å². The van der Waals surface area contributed by atoms with Gasteiger partial charge in [0.15, 0.2) is 0 Å². The van der Waals surface area contributed by atoms with Crippen molar-refractivity contribution in [3.05, 3.63) is 16.6 Å². The third kappa shape index (κ3) is 35.6. The molecule has 0 spiro atoms. The van der Waals surface area contributed by atoms with Crippen LogP contribution in [0.1, 0.15) is 118 Å². The zero-order valence-electron chi connectivity index (χ0n) is 19.7. The van der Waals surface area contributed by atoms with Crippen molar-refractivity contribution in [1.29, 1.82) is 0 Å². The summed E-state index contributed by atoms with van der Waals surface area (Å²) in [4.78, 5) is 14.2. The van der Waals surface area contributed by atoms with Gasteiger partial charge >= 0.3 is 0 Å². The van der Waals surface area contributed by atoms with Crippen LogP contribution in [0.25, 0.3) is 4.85 Å². The molecule has 3 N–H and O–H groups in total. The molecule has 0 saturated heterocycles. The predicted octanol–water partition coefficient (Wildman–Crippen LogP) is 7.05. The lowest BCUT2D eigenvalue weighted by Crippen LogP contribution is -2.23. The lowest BCUT2D eigenvalue weighted by atomic mass is 10.1. The van der Waals surface area contributed by atoms with Gasteiger partial charge in [-0.15, -0.1) is 0 Å². The lowest BCUT2D eigenvalue weighted by molar-refractivity contribution is -0.121. The summed E-state index contributed by atoms with van der Waals surface area (Å²) < 4.78 is 0. The van der Waals surface area contributed by atoms with Crippen molar-refractivity contribution in [2.24, 2.45) is 5.73 Å². The van der Waals surface area contributed by atoms with Gasteiger partial charge in [0.1, 0.15) is 0 Å². The van der Waals surface area contributed by atoms with E-state index < -0.39 is 0 Å². The molecule has 4 heteroatoms. The van der Waals surface area contributed by atoms with Crippen LogP contribution in [0.4, 0.5) is 0 Å². The highest BCUT2D eigenvalue weighted by molar-refractivity contribution is 5.75. The van der Waals surface area contributed by atoms with Gasteiger partial charge in [-0.3, -0.25) is 4.79 Å². The highest BCUT2D eigenvalue weighted by atomic mass is 16.1. The number of unbranched alkanes of at least 4 members (excludes halogenated alkanes) is 8. The largest absolute Gasteiger partial charge is 0.402 e. The van der Waals surface area contributed by atoms with Gasteiger partial charge in [-0.2, -0.15) is 0 Å². The van der Waals surface area contributed by atoms with E-state index in [0.29, 0.717) is 6.42 Å². The molecule has 0 aromatic carbocycles. The number of nitrogens with zero attached hydrogens (tertiary/aromatic N) is 1. The average Bonchev–Trinajstić information content (AvgIpc) is 2.67. The number of rotatable bonds is 15. The molecular formula is C24H50N3O+. The molecule has 0 aromatic rings. The smallest absolute Gasteiger partial charge is 0.257 e. The molecule has 0 rings (SSSR count). The van der Waals surface area contributed by atoms with E-state index in [-0.39, 0.29) is 5.91 Å². The van der Waals surface area contributed by atoms with Crippen LogP contribution < -0.4 is 11.1 Å². The Morgan fingerprint density at radius 2 is 1.36 bits per heavy atom. The van der Waals surface area contributed by atoms with E-state index in [1.165, 1.54) is 58.4 Å². The summed E-state index contributed by atoms with van der Waals surface area (Å²) in [7, 11) is 1.53. The monoisotopic (exact) mass is 396 g/mol. The van der Waals surface area contributed by atoms with E-state index in [0.717, 1.165) is 44.3 Å². The quantitative estimate of drug-likeness (QED) is 0.291. The lowest BCUT2D eigenvalue weighted by Gasteiger charge is -2.04. The van der Waals surface area contributed by atoms with Crippen LogP contribution in [-0.2, 0) is 4.79 Å². The van der Waals surface area contributed by atoms with E-state index >= 15 is 0 Å². The van der Waals surface area contributed by atoms with Gasteiger partial charge in [-0.1, -0.05) is 90.0 Å². The van der Waals surface area contributed by atoms with Crippen molar-refractivity contribution < 1.29 is 4.79 Å². The van der Waals surface area contributed by atoms with Crippen LogP contribution >= 0.6 is 0 Å². The number of hydrogen-bond acceptors (Lipinski definition) is 2. The molecule has 0 heterocycles. The number of carbonyl (C=O) groups is 1. The Balaban J connectivity index is -0.000000414. The standard InChI is InChI=1S/C13H27NO.C9H19N.C2H4N/c1-3-5-7-8-9-10-12-14-13(15)11-6-4-2;1-3-5-6-8-9(10)7-4-2;1-3-2/h3-12H2,1-2H3,(H,14,15);7H,3-6,8,10H2,1-2H3;1H,2H3/q;;+1/b;9-7-;. The van der Waals surface area contributed by atoms with Gasteiger partial charge in [-0.05, 0) is 32.1 Å². The zero-order chi connectivity index (χ0) is 21.9. The first-order chi connectivity index (χ1) is 13.5. The minimum absolute atomic E-state index is 0.227. The van der Waals surface area contributed by atoms with Crippen molar-refractivity contribution in [2.75, 3.05) is 13.6 Å². The van der Waals surface area contributed by atoms with Gasteiger partial charge in [0.25, 0.3) is 13.6 Å². The Morgan fingerprint density at radius 1 is 0.857 bits per heavy atom. The van der Waals surface area contributed by atoms with Crippen LogP contribution in [0.5, 0.6) is 0 Å². The minimum Gasteiger partial charge on any atom is -0.402 e.